The molecule has 17 heavy (non-hydrogen) atoms. The second kappa shape index (κ2) is 10.1. The molecule has 1 N–H and O–H groups in total. The molecule has 0 heterocycles. The SMILES string of the molecule is CC(C)OCCS(=O)(=O)NCCCCCCCl. The molecule has 0 atom stereocenters. The summed E-state index contributed by atoms with van der Waals surface area (Å²) in [6.45, 7) is 4.53. The number of halogens is 1. The predicted molar refractivity (Wildman–Crippen MR) is 72.1 cm³/mol. The molecule has 0 aromatic heterocycles. The minimum atomic E-state index is -3.17. The molecule has 0 rings (SSSR count). The molecule has 0 spiro atoms. The van der Waals surface area contributed by atoms with Crippen molar-refractivity contribution in [2.75, 3.05) is 24.8 Å². The first-order valence-electron chi connectivity index (χ1n) is 6.13. The Bertz CT molecular complexity index is 268. The number of rotatable bonds is 11. The Morgan fingerprint density at radius 3 is 2.41 bits per heavy atom. The first kappa shape index (κ1) is 17.2. The van der Waals surface area contributed by atoms with Gasteiger partial charge in [-0.1, -0.05) is 12.8 Å². The van der Waals surface area contributed by atoms with E-state index in [2.05, 4.69) is 4.72 Å². The molecule has 0 radical (unpaired) electrons. The molecule has 0 aliphatic heterocycles. The van der Waals surface area contributed by atoms with E-state index in [0.717, 1.165) is 25.7 Å². The maximum atomic E-state index is 11.5. The monoisotopic (exact) mass is 285 g/mol. The Balaban J connectivity index is 3.51. The molecule has 104 valence electrons. The molecular formula is C11H24ClNO3S. The van der Waals surface area contributed by atoms with Crippen molar-refractivity contribution in [3.63, 3.8) is 0 Å². The van der Waals surface area contributed by atoms with Crippen molar-refractivity contribution in [3.8, 4) is 0 Å². The molecule has 0 bridgehead atoms. The largest absolute Gasteiger partial charge is 0.378 e. The molecule has 4 nitrogen and oxygen atoms in total. The lowest BCUT2D eigenvalue weighted by Crippen LogP contribution is -2.29. The van der Waals surface area contributed by atoms with Crippen molar-refractivity contribution >= 4 is 21.6 Å². The fraction of sp³-hybridized carbons (Fsp3) is 1.00. The van der Waals surface area contributed by atoms with E-state index < -0.39 is 10.0 Å². The van der Waals surface area contributed by atoms with Crippen LogP contribution in [0.4, 0.5) is 0 Å². The molecule has 0 amide bonds. The highest BCUT2D eigenvalue weighted by Gasteiger charge is 2.09. The van der Waals surface area contributed by atoms with E-state index in [0.29, 0.717) is 12.4 Å². The molecule has 0 aliphatic carbocycles. The Morgan fingerprint density at radius 1 is 1.18 bits per heavy atom. The zero-order chi connectivity index (χ0) is 13.1. The van der Waals surface area contributed by atoms with Crippen molar-refractivity contribution in [2.45, 2.75) is 45.6 Å². The predicted octanol–water partition coefficient (Wildman–Crippen LogP) is 2.13. The fourth-order valence-electron chi connectivity index (χ4n) is 1.27. The Hall–Kier alpha value is 0.160. The van der Waals surface area contributed by atoms with E-state index in [1.54, 1.807) is 0 Å². The zero-order valence-electron chi connectivity index (χ0n) is 10.7. The molecule has 0 aromatic carbocycles. The van der Waals surface area contributed by atoms with Crippen LogP contribution >= 0.6 is 11.6 Å². The number of hydrogen-bond donors (Lipinski definition) is 1. The van der Waals surface area contributed by atoms with Crippen LogP contribution in [0.25, 0.3) is 0 Å². The number of alkyl halides is 1. The molecule has 6 heteroatoms. The van der Waals surface area contributed by atoms with E-state index in [-0.39, 0.29) is 18.5 Å². The fourth-order valence-corrected chi connectivity index (χ4v) is 2.37. The molecule has 0 aromatic rings. The van der Waals surface area contributed by atoms with Crippen molar-refractivity contribution in [1.29, 1.82) is 0 Å². The topological polar surface area (TPSA) is 55.4 Å². The standard InChI is InChI=1S/C11H24ClNO3S/c1-11(2)16-9-10-17(14,15)13-8-6-4-3-5-7-12/h11,13H,3-10H2,1-2H3. The van der Waals surface area contributed by atoms with Crippen LogP contribution in [-0.4, -0.2) is 39.3 Å². The first-order valence-corrected chi connectivity index (χ1v) is 8.31. The van der Waals surface area contributed by atoms with Crippen LogP contribution in [0.1, 0.15) is 39.5 Å². The van der Waals surface area contributed by atoms with Gasteiger partial charge in [-0.25, -0.2) is 13.1 Å². The van der Waals surface area contributed by atoms with Crippen molar-refractivity contribution in [3.05, 3.63) is 0 Å². The maximum Gasteiger partial charge on any atom is 0.213 e. The van der Waals surface area contributed by atoms with Gasteiger partial charge in [-0.15, -0.1) is 11.6 Å². The van der Waals surface area contributed by atoms with Crippen LogP contribution < -0.4 is 4.72 Å². The molecule has 0 fully saturated rings. The van der Waals surface area contributed by atoms with Gasteiger partial charge >= 0.3 is 0 Å². The Labute approximate surface area is 110 Å². The lowest BCUT2D eigenvalue weighted by Gasteiger charge is -2.09. The molecule has 0 unspecified atom stereocenters. The normalized spacial score (nSPS) is 12.2. The summed E-state index contributed by atoms with van der Waals surface area (Å²) in [5, 5.41) is 0. The van der Waals surface area contributed by atoms with Crippen LogP contribution in [0.15, 0.2) is 0 Å². The Kier molecular flexibility index (Phi) is 10.2. The maximum absolute atomic E-state index is 11.5. The molecular weight excluding hydrogens is 262 g/mol. The summed E-state index contributed by atoms with van der Waals surface area (Å²) < 4.78 is 30.7. The summed E-state index contributed by atoms with van der Waals surface area (Å²) in [6.07, 6.45) is 4.00. The van der Waals surface area contributed by atoms with Gasteiger partial charge in [0.05, 0.1) is 18.5 Å². The van der Waals surface area contributed by atoms with E-state index in [9.17, 15) is 8.42 Å². The average Bonchev–Trinajstić information content (AvgIpc) is 2.22. The van der Waals surface area contributed by atoms with Gasteiger partial charge in [0, 0.05) is 12.4 Å². The van der Waals surface area contributed by atoms with Crippen LogP contribution in [-0.2, 0) is 14.8 Å². The van der Waals surface area contributed by atoms with E-state index >= 15 is 0 Å². The smallest absolute Gasteiger partial charge is 0.213 e. The minimum Gasteiger partial charge on any atom is -0.378 e. The quantitative estimate of drug-likeness (QED) is 0.467. The van der Waals surface area contributed by atoms with Gasteiger partial charge in [-0.2, -0.15) is 0 Å². The lowest BCUT2D eigenvalue weighted by atomic mass is 10.2. The minimum absolute atomic E-state index is 0.0346. The number of sulfonamides is 1. The highest BCUT2D eigenvalue weighted by Crippen LogP contribution is 2.00. The van der Waals surface area contributed by atoms with Gasteiger partial charge in [0.15, 0.2) is 0 Å². The highest BCUT2D eigenvalue weighted by atomic mass is 35.5. The summed E-state index contributed by atoms with van der Waals surface area (Å²) in [5.41, 5.74) is 0. The Morgan fingerprint density at radius 2 is 1.82 bits per heavy atom. The summed E-state index contributed by atoms with van der Waals surface area (Å²) in [7, 11) is -3.17. The first-order chi connectivity index (χ1) is 7.98. The second-order valence-electron chi connectivity index (χ2n) is 4.24. The third kappa shape index (κ3) is 12.4. The van der Waals surface area contributed by atoms with Crippen LogP contribution in [0, 0.1) is 0 Å². The number of ether oxygens (including phenoxy) is 1. The third-order valence-corrected chi connectivity index (χ3v) is 3.80. The highest BCUT2D eigenvalue weighted by molar-refractivity contribution is 7.89. The van der Waals surface area contributed by atoms with Crippen molar-refractivity contribution in [2.24, 2.45) is 0 Å². The zero-order valence-corrected chi connectivity index (χ0v) is 12.3. The van der Waals surface area contributed by atoms with Crippen molar-refractivity contribution in [1.82, 2.24) is 4.72 Å². The number of unbranched alkanes of at least 4 members (excludes halogenated alkanes) is 3. The third-order valence-electron chi connectivity index (χ3n) is 2.19. The molecule has 0 aliphatic rings. The van der Waals surface area contributed by atoms with E-state index in [1.807, 2.05) is 13.8 Å². The van der Waals surface area contributed by atoms with E-state index in [4.69, 9.17) is 16.3 Å². The van der Waals surface area contributed by atoms with Gasteiger partial charge in [-0.3, -0.25) is 0 Å². The van der Waals surface area contributed by atoms with Crippen molar-refractivity contribution < 1.29 is 13.2 Å². The second-order valence-corrected chi connectivity index (χ2v) is 6.54. The summed E-state index contributed by atoms with van der Waals surface area (Å²) in [5.74, 6) is 0.713. The number of nitrogens with one attached hydrogen (secondary N) is 1. The summed E-state index contributed by atoms with van der Waals surface area (Å²) in [4.78, 5) is 0. The van der Waals surface area contributed by atoms with Gasteiger partial charge in [0.1, 0.15) is 0 Å². The number of hydrogen-bond acceptors (Lipinski definition) is 3. The van der Waals surface area contributed by atoms with Gasteiger partial charge in [0.2, 0.25) is 10.0 Å². The van der Waals surface area contributed by atoms with E-state index in [1.165, 1.54) is 0 Å². The van der Waals surface area contributed by atoms with Gasteiger partial charge in [0.25, 0.3) is 0 Å². The van der Waals surface area contributed by atoms with Gasteiger partial charge in [-0.05, 0) is 26.7 Å². The van der Waals surface area contributed by atoms with Crippen LogP contribution in [0.5, 0.6) is 0 Å². The van der Waals surface area contributed by atoms with Crippen LogP contribution in [0.3, 0.4) is 0 Å². The van der Waals surface area contributed by atoms with Gasteiger partial charge < -0.3 is 4.74 Å². The van der Waals surface area contributed by atoms with Crippen LogP contribution in [0.2, 0.25) is 0 Å². The average molecular weight is 286 g/mol. The lowest BCUT2D eigenvalue weighted by molar-refractivity contribution is 0.0911. The molecule has 0 saturated carbocycles. The summed E-state index contributed by atoms with van der Waals surface area (Å²) >= 11 is 5.54. The molecule has 0 saturated heterocycles. The summed E-state index contributed by atoms with van der Waals surface area (Å²) in [6, 6.07) is 0.